The maximum absolute atomic E-state index is 4.63. The lowest BCUT2D eigenvalue weighted by atomic mass is 10.1. The van der Waals surface area contributed by atoms with Crippen molar-refractivity contribution in [3.63, 3.8) is 0 Å². The van der Waals surface area contributed by atoms with Crippen LogP contribution in [0.4, 0.5) is 5.69 Å². The number of hydrogen-bond donors (Lipinski definition) is 2. The van der Waals surface area contributed by atoms with Crippen molar-refractivity contribution in [1.29, 1.82) is 0 Å². The summed E-state index contributed by atoms with van der Waals surface area (Å²) >= 11 is 0. The smallest absolute Gasteiger partial charge is 0.266 e. The molecule has 0 radical (unpaired) electrons. The molecule has 5 nitrogen and oxygen atoms in total. The first-order valence-corrected chi connectivity index (χ1v) is 7.45. The van der Waals surface area contributed by atoms with Gasteiger partial charge in [0.25, 0.3) is 5.62 Å². The van der Waals surface area contributed by atoms with Gasteiger partial charge >= 0.3 is 0 Å². The Kier molecular flexibility index (Phi) is 4.38. The molecule has 0 spiro atoms. The van der Waals surface area contributed by atoms with Crippen LogP contribution in [0.3, 0.4) is 0 Å². The van der Waals surface area contributed by atoms with Crippen LogP contribution in [0.2, 0.25) is 0 Å². The normalized spacial score (nSPS) is 11.3. The molecule has 0 bridgehead atoms. The first-order valence-electron chi connectivity index (χ1n) is 7.45. The molecule has 0 saturated heterocycles. The van der Waals surface area contributed by atoms with Crippen molar-refractivity contribution in [2.75, 3.05) is 17.9 Å². The van der Waals surface area contributed by atoms with Crippen LogP contribution in [-0.4, -0.2) is 16.7 Å². The highest BCUT2D eigenvalue weighted by Gasteiger charge is 2.01. The Bertz CT molecular complexity index is 835. The summed E-state index contributed by atoms with van der Waals surface area (Å²) in [5, 5.41) is 4.39. The molecule has 2 aromatic carbocycles. The Morgan fingerprint density at radius 2 is 1.70 bits per heavy atom. The molecule has 1 aromatic heterocycles. The van der Waals surface area contributed by atoms with Crippen LogP contribution in [-0.2, 0) is 0 Å². The fourth-order valence-electron chi connectivity index (χ4n) is 2.18. The number of hydrogen-bond acceptors (Lipinski definition) is 4. The van der Waals surface area contributed by atoms with Crippen LogP contribution in [0.25, 0.3) is 11.3 Å². The second-order valence-corrected chi connectivity index (χ2v) is 5.16. The first kappa shape index (κ1) is 14.8. The van der Waals surface area contributed by atoms with Gasteiger partial charge < -0.3 is 5.43 Å². The van der Waals surface area contributed by atoms with E-state index < -0.39 is 0 Å². The van der Waals surface area contributed by atoms with E-state index in [4.69, 9.17) is 0 Å². The molecule has 3 rings (SSSR count). The second kappa shape index (κ2) is 6.79. The third-order valence-corrected chi connectivity index (χ3v) is 3.46. The van der Waals surface area contributed by atoms with Gasteiger partial charge in [-0.25, -0.2) is 9.66 Å². The van der Waals surface area contributed by atoms with Crippen LogP contribution in [0.15, 0.2) is 72.0 Å². The van der Waals surface area contributed by atoms with Crippen molar-refractivity contribution in [1.82, 2.24) is 9.66 Å². The zero-order valence-electron chi connectivity index (χ0n) is 13.2. The van der Waals surface area contributed by atoms with Crippen LogP contribution in [0.1, 0.15) is 5.56 Å². The highest BCUT2D eigenvalue weighted by molar-refractivity contribution is 5.58. The Labute approximate surface area is 135 Å². The Morgan fingerprint density at radius 1 is 0.957 bits per heavy atom. The van der Waals surface area contributed by atoms with Gasteiger partial charge in [0.2, 0.25) is 0 Å². The molecular formula is C18H19N5. The fraction of sp³-hybridized carbons (Fsp3) is 0.111. The molecular weight excluding hydrogens is 286 g/mol. The molecule has 0 fully saturated rings. The molecule has 116 valence electrons. The number of aromatic nitrogens is 2. The van der Waals surface area contributed by atoms with Crippen LogP contribution in [0, 0.1) is 6.92 Å². The van der Waals surface area contributed by atoms with Gasteiger partial charge in [0.05, 0.1) is 11.4 Å². The van der Waals surface area contributed by atoms with Gasteiger partial charge in [-0.3, -0.25) is 5.43 Å². The number of aryl methyl sites for hydroxylation is 1. The van der Waals surface area contributed by atoms with E-state index >= 15 is 0 Å². The summed E-state index contributed by atoms with van der Waals surface area (Å²) in [6.45, 7) is 2.07. The Hall–Kier alpha value is -3.08. The fourth-order valence-corrected chi connectivity index (χ4v) is 2.18. The standard InChI is InChI=1S/C18H19N5/c1-14-8-10-15(11-9-14)17-12-13-23(19-2)18(20-17)22-21-16-6-4-3-5-7-16/h3-13,19,21H,1-2H3/b22-18+. The van der Waals surface area contributed by atoms with E-state index in [0.717, 1.165) is 16.9 Å². The molecule has 0 aliphatic rings. The zero-order valence-corrected chi connectivity index (χ0v) is 13.2. The summed E-state index contributed by atoms with van der Waals surface area (Å²) < 4.78 is 1.76. The molecule has 1 heterocycles. The molecule has 0 saturated carbocycles. The summed E-state index contributed by atoms with van der Waals surface area (Å²) in [5.74, 6) is 0. The summed E-state index contributed by atoms with van der Waals surface area (Å²) in [5.41, 5.74) is 10.7. The maximum atomic E-state index is 4.63. The third kappa shape index (κ3) is 3.58. The van der Waals surface area contributed by atoms with Crippen molar-refractivity contribution in [3.05, 3.63) is 78.0 Å². The largest absolute Gasteiger partial charge is 0.326 e. The predicted molar refractivity (Wildman–Crippen MR) is 93.3 cm³/mol. The monoisotopic (exact) mass is 305 g/mol. The van der Waals surface area contributed by atoms with Crippen molar-refractivity contribution in [2.24, 2.45) is 5.10 Å². The lowest BCUT2D eigenvalue weighted by Crippen LogP contribution is -2.30. The highest BCUT2D eigenvalue weighted by atomic mass is 15.4. The lowest BCUT2D eigenvalue weighted by molar-refractivity contribution is 0.787. The molecule has 2 N–H and O–H groups in total. The van der Waals surface area contributed by atoms with Crippen LogP contribution >= 0.6 is 0 Å². The summed E-state index contributed by atoms with van der Waals surface area (Å²) in [6.07, 6.45) is 1.91. The van der Waals surface area contributed by atoms with E-state index in [0.29, 0.717) is 5.62 Å². The molecule has 0 amide bonds. The Morgan fingerprint density at radius 3 is 2.39 bits per heavy atom. The number of rotatable bonds is 4. The summed E-state index contributed by atoms with van der Waals surface area (Å²) in [4.78, 5) is 4.63. The van der Waals surface area contributed by atoms with E-state index in [1.807, 2.05) is 49.6 Å². The molecule has 5 heteroatoms. The van der Waals surface area contributed by atoms with Crippen molar-refractivity contribution < 1.29 is 0 Å². The molecule has 0 atom stereocenters. The average Bonchev–Trinajstić information content (AvgIpc) is 2.61. The van der Waals surface area contributed by atoms with Crippen molar-refractivity contribution >= 4 is 5.69 Å². The van der Waals surface area contributed by atoms with E-state index in [1.165, 1.54) is 5.56 Å². The minimum atomic E-state index is 0.550. The number of para-hydroxylation sites is 1. The lowest BCUT2D eigenvalue weighted by Gasteiger charge is -2.08. The van der Waals surface area contributed by atoms with Gasteiger partial charge in [0.1, 0.15) is 0 Å². The van der Waals surface area contributed by atoms with Gasteiger partial charge in [0, 0.05) is 18.8 Å². The maximum Gasteiger partial charge on any atom is 0.266 e. The quantitative estimate of drug-likeness (QED) is 0.729. The number of benzene rings is 2. The summed E-state index contributed by atoms with van der Waals surface area (Å²) in [7, 11) is 1.83. The second-order valence-electron chi connectivity index (χ2n) is 5.16. The van der Waals surface area contributed by atoms with E-state index in [1.54, 1.807) is 4.68 Å². The topological polar surface area (TPSA) is 54.2 Å². The van der Waals surface area contributed by atoms with Crippen LogP contribution < -0.4 is 16.5 Å². The molecule has 3 aromatic rings. The third-order valence-electron chi connectivity index (χ3n) is 3.46. The number of anilines is 1. The van der Waals surface area contributed by atoms with Gasteiger partial charge in [-0.1, -0.05) is 48.0 Å². The molecule has 0 aliphatic carbocycles. The minimum absolute atomic E-state index is 0.550. The zero-order chi connectivity index (χ0) is 16.1. The molecule has 0 aliphatic heterocycles. The van der Waals surface area contributed by atoms with E-state index in [9.17, 15) is 0 Å². The summed E-state index contributed by atoms with van der Waals surface area (Å²) in [6, 6.07) is 20.0. The van der Waals surface area contributed by atoms with Crippen LogP contribution in [0.5, 0.6) is 0 Å². The Balaban J connectivity index is 1.97. The van der Waals surface area contributed by atoms with E-state index in [-0.39, 0.29) is 0 Å². The SMILES string of the molecule is CNn1ccc(-c2ccc(C)cc2)n/c1=N\Nc1ccccc1. The van der Waals surface area contributed by atoms with Gasteiger partial charge in [-0.05, 0) is 25.1 Å². The predicted octanol–water partition coefficient (Wildman–Crippen LogP) is 2.96. The average molecular weight is 305 g/mol. The highest BCUT2D eigenvalue weighted by Crippen LogP contribution is 2.15. The number of nitrogens with one attached hydrogen (secondary N) is 2. The van der Waals surface area contributed by atoms with Gasteiger partial charge in [0.15, 0.2) is 0 Å². The van der Waals surface area contributed by atoms with Crippen molar-refractivity contribution in [2.45, 2.75) is 6.92 Å². The number of nitrogens with zero attached hydrogens (tertiary/aromatic N) is 3. The van der Waals surface area contributed by atoms with Crippen molar-refractivity contribution in [3.8, 4) is 11.3 Å². The van der Waals surface area contributed by atoms with Gasteiger partial charge in [-0.15, -0.1) is 5.10 Å². The van der Waals surface area contributed by atoms with E-state index in [2.05, 4.69) is 52.1 Å². The molecule has 23 heavy (non-hydrogen) atoms. The van der Waals surface area contributed by atoms with Gasteiger partial charge in [-0.2, -0.15) is 0 Å². The molecule has 0 unspecified atom stereocenters. The first-order chi connectivity index (χ1) is 11.3. The minimum Gasteiger partial charge on any atom is -0.326 e.